The van der Waals surface area contributed by atoms with Crippen LogP contribution in [-0.4, -0.2) is 22.2 Å². The van der Waals surface area contributed by atoms with Crippen LogP contribution in [0.1, 0.15) is 17.0 Å². The second kappa shape index (κ2) is 5.95. The lowest BCUT2D eigenvalue weighted by molar-refractivity contribution is -0.114. The van der Waals surface area contributed by atoms with Crippen LogP contribution >= 0.6 is 0 Å². The highest BCUT2D eigenvalue weighted by atomic mass is 19.1. The third-order valence-electron chi connectivity index (χ3n) is 3.41. The van der Waals surface area contributed by atoms with Gasteiger partial charge in [-0.3, -0.25) is 9.48 Å². The van der Waals surface area contributed by atoms with E-state index in [2.05, 4.69) is 15.7 Å². The Morgan fingerprint density at radius 1 is 1.33 bits per heavy atom. The van der Waals surface area contributed by atoms with Crippen molar-refractivity contribution in [3.05, 3.63) is 41.0 Å². The molecule has 1 amide bonds. The first-order valence-corrected chi connectivity index (χ1v) is 6.68. The van der Waals surface area contributed by atoms with Gasteiger partial charge in [-0.1, -0.05) is 6.07 Å². The van der Waals surface area contributed by atoms with E-state index in [1.807, 2.05) is 27.8 Å². The quantitative estimate of drug-likeness (QED) is 0.909. The number of aryl methyl sites for hydroxylation is 3. The number of nitrogens with zero attached hydrogens (tertiary/aromatic N) is 2. The Balaban J connectivity index is 2.01. The maximum Gasteiger partial charge on any atom is 0.243 e. The summed E-state index contributed by atoms with van der Waals surface area (Å²) in [6.07, 6.45) is 0. The summed E-state index contributed by atoms with van der Waals surface area (Å²) < 4.78 is 14.9. The number of nitrogens with one attached hydrogen (secondary N) is 2. The molecule has 2 rings (SSSR count). The average molecular weight is 290 g/mol. The molecule has 112 valence electrons. The van der Waals surface area contributed by atoms with Crippen molar-refractivity contribution < 1.29 is 9.18 Å². The summed E-state index contributed by atoms with van der Waals surface area (Å²) in [5.41, 5.74) is 3.89. The van der Waals surface area contributed by atoms with E-state index in [1.54, 1.807) is 10.7 Å². The predicted molar refractivity (Wildman–Crippen MR) is 80.9 cm³/mol. The highest BCUT2D eigenvalue weighted by Crippen LogP contribution is 2.19. The predicted octanol–water partition coefficient (Wildman–Crippen LogP) is 2.54. The molecule has 0 unspecified atom stereocenters. The van der Waals surface area contributed by atoms with Crippen molar-refractivity contribution in [3.63, 3.8) is 0 Å². The summed E-state index contributed by atoms with van der Waals surface area (Å²) in [7, 11) is 1.83. The van der Waals surface area contributed by atoms with Gasteiger partial charge in [-0.25, -0.2) is 4.39 Å². The maximum atomic E-state index is 13.2. The van der Waals surface area contributed by atoms with Crippen molar-refractivity contribution in [2.24, 2.45) is 7.05 Å². The van der Waals surface area contributed by atoms with Crippen LogP contribution in [0.25, 0.3) is 0 Å². The molecule has 0 atom stereocenters. The third-order valence-corrected chi connectivity index (χ3v) is 3.41. The van der Waals surface area contributed by atoms with Gasteiger partial charge in [-0.15, -0.1) is 0 Å². The summed E-state index contributed by atoms with van der Waals surface area (Å²) in [5.74, 6) is -0.527. The number of aromatic nitrogens is 2. The van der Waals surface area contributed by atoms with Gasteiger partial charge in [-0.2, -0.15) is 5.10 Å². The molecule has 0 saturated carbocycles. The van der Waals surface area contributed by atoms with E-state index in [0.717, 1.165) is 22.6 Å². The number of benzene rings is 1. The number of anilines is 2. The van der Waals surface area contributed by atoms with Gasteiger partial charge in [0.2, 0.25) is 5.91 Å². The lowest BCUT2D eigenvalue weighted by Crippen LogP contribution is -2.22. The standard InChI is InChI=1S/C15H19FN4O/c1-9-5-6-12(16)7-13(9)17-8-14(21)18-15-10(2)19-20(4)11(15)3/h5-7,17H,8H2,1-4H3,(H,18,21). The molecule has 0 spiro atoms. The van der Waals surface area contributed by atoms with Crippen molar-refractivity contribution in [2.75, 3.05) is 17.2 Å². The minimum Gasteiger partial charge on any atom is -0.376 e. The molecule has 2 N–H and O–H groups in total. The first-order chi connectivity index (χ1) is 9.88. The van der Waals surface area contributed by atoms with Crippen LogP contribution in [0.15, 0.2) is 18.2 Å². The molecule has 0 aliphatic heterocycles. The minimum absolute atomic E-state index is 0.0675. The van der Waals surface area contributed by atoms with Crippen molar-refractivity contribution >= 4 is 17.3 Å². The van der Waals surface area contributed by atoms with Gasteiger partial charge in [0.25, 0.3) is 0 Å². The van der Waals surface area contributed by atoms with Gasteiger partial charge in [-0.05, 0) is 38.5 Å². The lowest BCUT2D eigenvalue weighted by Gasteiger charge is -2.10. The normalized spacial score (nSPS) is 10.5. The molecule has 2 aromatic rings. The number of carbonyl (C=O) groups excluding carboxylic acids is 1. The largest absolute Gasteiger partial charge is 0.376 e. The van der Waals surface area contributed by atoms with Crippen molar-refractivity contribution in [2.45, 2.75) is 20.8 Å². The zero-order chi connectivity index (χ0) is 15.6. The molecule has 1 heterocycles. The molecule has 0 bridgehead atoms. The Kier molecular flexibility index (Phi) is 4.26. The van der Waals surface area contributed by atoms with Gasteiger partial charge >= 0.3 is 0 Å². The fourth-order valence-electron chi connectivity index (χ4n) is 2.10. The summed E-state index contributed by atoms with van der Waals surface area (Å²) in [5, 5.41) is 10.0. The molecule has 0 radical (unpaired) electrons. The molecule has 0 fully saturated rings. The zero-order valence-electron chi connectivity index (χ0n) is 12.6. The van der Waals surface area contributed by atoms with E-state index in [1.165, 1.54) is 12.1 Å². The van der Waals surface area contributed by atoms with Crippen LogP contribution in [-0.2, 0) is 11.8 Å². The fourth-order valence-corrected chi connectivity index (χ4v) is 2.10. The molecule has 6 heteroatoms. The van der Waals surface area contributed by atoms with Crippen LogP contribution in [0.2, 0.25) is 0 Å². The first kappa shape index (κ1) is 15.0. The zero-order valence-corrected chi connectivity index (χ0v) is 12.6. The molecule has 0 aliphatic carbocycles. The fraction of sp³-hybridized carbons (Fsp3) is 0.333. The Morgan fingerprint density at radius 2 is 2.05 bits per heavy atom. The van der Waals surface area contributed by atoms with E-state index in [9.17, 15) is 9.18 Å². The van der Waals surface area contributed by atoms with E-state index in [0.29, 0.717) is 5.69 Å². The van der Waals surface area contributed by atoms with E-state index in [4.69, 9.17) is 0 Å². The summed E-state index contributed by atoms with van der Waals surface area (Å²) in [4.78, 5) is 12.0. The lowest BCUT2D eigenvalue weighted by atomic mass is 10.2. The third kappa shape index (κ3) is 3.39. The smallest absolute Gasteiger partial charge is 0.243 e. The SMILES string of the molecule is Cc1ccc(F)cc1NCC(=O)Nc1c(C)nn(C)c1C. The number of carbonyl (C=O) groups is 1. The summed E-state index contributed by atoms with van der Waals surface area (Å²) in [6.45, 7) is 5.65. The Hall–Kier alpha value is -2.37. The topological polar surface area (TPSA) is 59.0 Å². The number of rotatable bonds is 4. The monoisotopic (exact) mass is 290 g/mol. The van der Waals surface area contributed by atoms with Gasteiger partial charge in [0.15, 0.2) is 0 Å². The van der Waals surface area contributed by atoms with E-state index < -0.39 is 0 Å². The Labute approximate surface area is 123 Å². The molecule has 1 aromatic heterocycles. The van der Waals surface area contributed by atoms with Crippen LogP contribution in [0.3, 0.4) is 0 Å². The highest BCUT2D eigenvalue weighted by molar-refractivity contribution is 5.94. The van der Waals surface area contributed by atoms with Gasteiger partial charge in [0, 0.05) is 12.7 Å². The number of amides is 1. The van der Waals surface area contributed by atoms with Crippen molar-refractivity contribution in [3.8, 4) is 0 Å². The minimum atomic E-state index is -0.331. The Morgan fingerprint density at radius 3 is 2.67 bits per heavy atom. The van der Waals surface area contributed by atoms with E-state index >= 15 is 0 Å². The van der Waals surface area contributed by atoms with Gasteiger partial charge in [0.1, 0.15) is 5.82 Å². The molecule has 0 aliphatic rings. The van der Waals surface area contributed by atoms with Crippen LogP contribution in [0, 0.1) is 26.6 Å². The van der Waals surface area contributed by atoms with Crippen molar-refractivity contribution in [1.82, 2.24) is 9.78 Å². The number of hydrogen-bond acceptors (Lipinski definition) is 3. The van der Waals surface area contributed by atoms with Crippen LogP contribution < -0.4 is 10.6 Å². The molecular formula is C15H19FN4O. The first-order valence-electron chi connectivity index (χ1n) is 6.68. The molecule has 5 nitrogen and oxygen atoms in total. The number of hydrogen-bond donors (Lipinski definition) is 2. The second-order valence-electron chi connectivity index (χ2n) is 5.03. The second-order valence-corrected chi connectivity index (χ2v) is 5.03. The van der Waals surface area contributed by atoms with E-state index in [-0.39, 0.29) is 18.3 Å². The molecule has 21 heavy (non-hydrogen) atoms. The summed E-state index contributed by atoms with van der Waals surface area (Å²) >= 11 is 0. The van der Waals surface area contributed by atoms with Crippen LogP contribution in [0.4, 0.5) is 15.8 Å². The Bertz CT molecular complexity index is 679. The maximum absolute atomic E-state index is 13.2. The summed E-state index contributed by atoms with van der Waals surface area (Å²) in [6, 6.07) is 4.44. The molecule has 1 aromatic carbocycles. The molecule has 0 saturated heterocycles. The van der Waals surface area contributed by atoms with Crippen molar-refractivity contribution in [1.29, 1.82) is 0 Å². The van der Waals surface area contributed by atoms with Gasteiger partial charge in [0.05, 0.1) is 23.6 Å². The van der Waals surface area contributed by atoms with Crippen LogP contribution in [0.5, 0.6) is 0 Å². The average Bonchev–Trinajstić information content (AvgIpc) is 2.66. The molecular weight excluding hydrogens is 271 g/mol. The number of halogens is 1. The highest BCUT2D eigenvalue weighted by Gasteiger charge is 2.12. The van der Waals surface area contributed by atoms with Gasteiger partial charge < -0.3 is 10.6 Å².